The molecule has 5 aromatic rings. The van der Waals surface area contributed by atoms with Crippen LogP contribution in [0, 0.1) is 0 Å². The zero-order valence-corrected chi connectivity index (χ0v) is 28.8. The van der Waals surface area contributed by atoms with Crippen molar-refractivity contribution in [3.05, 3.63) is 155 Å². The number of carbonyl (C=O) groups is 2. The predicted molar refractivity (Wildman–Crippen MR) is 200 cm³/mol. The number of nitrogen functional groups attached to an aromatic ring is 1. The van der Waals surface area contributed by atoms with Crippen molar-refractivity contribution in [2.24, 2.45) is 0 Å². The molecule has 0 aliphatic carbocycles. The molecule has 2 atom stereocenters. The fourth-order valence-electron chi connectivity index (χ4n) is 5.76. The molecular weight excluding hydrogens is 644 g/mol. The second-order valence-corrected chi connectivity index (χ2v) is 12.0. The Balaban J connectivity index is 1.26. The van der Waals surface area contributed by atoms with Crippen molar-refractivity contribution in [3.8, 4) is 5.75 Å². The summed E-state index contributed by atoms with van der Waals surface area (Å²) in [7, 11) is 2.69. The molecule has 0 bridgehead atoms. The third kappa shape index (κ3) is 10.3. The van der Waals surface area contributed by atoms with Crippen molar-refractivity contribution in [2.45, 2.75) is 31.6 Å². The molecule has 264 valence electrons. The first kappa shape index (κ1) is 36.4. The Kier molecular flexibility index (Phi) is 13.0. The monoisotopic (exact) mass is 688 g/mol. The summed E-state index contributed by atoms with van der Waals surface area (Å²) < 4.78 is 15.7. The maximum atomic E-state index is 12.8. The summed E-state index contributed by atoms with van der Waals surface area (Å²) in [6, 6.07) is 40.4. The van der Waals surface area contributed by atoms with Gasteiger partial charge in [0.25, 0.3) is 0 Å². The highest BCUT2D eigenvalue weighted by Gasteiger charge is 2.20. The van der Waals surface area contributed by atoms with Crippen LogP contribution in [0.2, 0.25) is 0 Å². The first-order valence-corrected chi connectivity index (χ1v) is 16.7. The van der Waals surface area contributed by atoms with E-state index >= 15 is 0 Å². The van der Waals surface area contributed by atoms with Crippen LogP contribution in [0.3, 0.4) is 0 Å². The molecule has 5 N–H and O–H groups in total. The maximum absolute atomic E-state index is 12.8. The van der Waals surface area contributed by atoms with Gasteiger partial charge in [-0.15, -0.1) is 0 Å². The molecule has 0 saturated heterocycles. The Morgan fingerprint density at radius 3 is 1.98 bits per heavy atom. The fraction of sp³-hybridized carbons (Fsp3) is 0.220. The van der Waals surface area contributed by atoms with E-state index in [1.54, 1.807) is 17.0 Å². The molecule has 0 heterocycles. The van der Waals surface area contributed by atoms with Crippen LogP contribution in [0.15, 0.2) is 127 Å². The molecule has 0 aromatic heterocycles. The number of nitrogens with two attached hydrogens (primary N) is 1. The van der Waals surface area contributed by atoms with Gasteiger partial charge >= 0.3 is 12.2 Å². The second kappa shape index (κ2) is 18.2. The number of ether oxygens (including phenoxy) is 3. The van der Waals surface area contributed by atoms with Crippen LogP contribution in [-0.2, 0) is 22.6 Å². The predicted octanol–water partition coefficient (Wildman–Crippen LogP) is 7.64. The van der Waals surface area contributed by atoms with E-state index in [0.29, 0.717) is 61.0 Å². The summed E-state index contributed by atoms with van der Waals surface area (Å²) in [6.45, 7) is 1.69. The summed E-state index contributed by atoms with van der Waals surface area (Å²) in [5.41, 5.74) is 12.9. The van der Waals surface area contributed by atoms with Gasteiger partial charge in [-0.05, 0) is 77.2 Å². The Bertz CT molecular complexity index is 1840. The Morgan fingerprint density at radius 2 is 1.37 bits per heavy atom. The smallest absolute Gasteiger partial charge is 0.414 e. The van der Waals surface area contributed by atoms with E-state index in [9.17, 15) is 14.7 Å². The first-order valence-electron chi connectivity index (χ1n) is 16.7. The molecule has 51 heavy (non-hydrogen) atoms. The van der Waals surface area contributed by atoms with E-state index in [0.717, 1.165) is 22.3 Å². The molecule has 5 rings (SSSR count). The largest absolute Gasteiger partial charge is 0.487 e. The van der Waals surface area contributed by atoms with Gasteiger partial charge in [0, 0.05) is 23.8 Å². The number of aliphatic hydroxyl groups is 1. The molecule has 5 aromatic carbocycles. The number of amides is 2. The van der Waals surface area contributed by atoms with E-state index in [-0.39, 0.29) is 5.92 Å². The van der Waals surface area contributed by atoms with Gasteiger partial charge in [0.1, 0.15) is 12.4 Å². The SMILES string of the molecule is COC(=O)Nc1ccc(C(CCNCC(O)c2ccc(OCc3ccccc3)c(N)c2)c2ccc(N(Cc3ccccc3)C(=O)OC)cc2)cc1. The molecule has 0 spiro atoms. The quantitative estimate of drug-likeness (QED) is 0.0651. The van der Waals surface area contributed by atoms with Crippen LogP contribution in [0.5, 0.6) is 5.75 Å². The molecule has 2 unspecified atom stereocenters. The molecule has 10 nitrogen and oxygen atoms in total. The fourth-order valence-corrected chi connectivity index (χ4v) is 5.76. The lowest BCUT2D eigenvalue weighted by Gasteiger charge is -2.23. The van der Waals surface area contributed by atoms with Crippen molar-refractivity contribution >= 4 is 29.2 Å². The summed E-state index contributed by atoms with van der Waals surface area (Å²) in [5.74, 6) is 0.535. The van der Waals surface area contributed by atoms with E-state index in [1.807, 2.05) is 115 Å². The lowest BCUT2D eigenvalue weighted by atomic mass is 9.88. The number of nitrogens with zero attached hydrogens (tertiary/aromatic N) is 1. The van der Waals surface area contributed by atoms with Gasteiger partial charge in [0.2, 0.25) is 0 Å². The number of rotatable bonds is 15. The van der Waals surface area contributed by atoms with Crippen molar-refractivity contribution in [1.29, 1.82) is 0 Å². The number of aliphatic hydroxyl groups excluding tert-OH is 1. The molecule has 0 saturated carbocycles. The number of hydrogen-bond acceptors (Lipinski definition) is 8. The number of nitrogens with one attached hydrogen (secondary N) is 2. The highest BCUT2D eigenvalue weighted by atomic mass is 16.5. The topological polar surface area (TPSA) is 135 Å². The summed E-state index contributed by atoms with van der Waals surface area (Å²) in [4.78, 5) is 26.1. The molecule has 2 amide bonds. The number of hydrogen-bond donors (Lipinski definition) is 4. The van der Waals surface area contributed by atoms with Crippen molar-refractivity contribution in [2.75, 3.05) is 43.3 Å². The lowest BCUT2D eigenvalue weighted by Crippen LogP contribution is -2.30. The van der Waals surface area contributed by atoms with Crippen LogP contribution < -0.4 is 26.0 Å². The van der Waals surface area contributed by atoms with Crippen molar-refractivity contribution in [1.82, 2.24) is 5.32 Å². The molecule has 0 radical (unpaired) electrons. The zero-order chi connectivity index (χ0) is 36.0. The standard InChI is InChI=1S/C41H44N4O6/c1-49-40(47)44-34-18-13-31(14-19-34)36(32-15-20-35(21-16-32)45(41(48)50-2)27-29-9-5-3-6-10-29)23-24-43-26-38(46)33-17-22-39(37(42)25-33)51-28-30-11-7-4-8-12-30/h3-22,25,36,38,43,46H,23-24,26-28,42H2,1-2H3,(H,44,47). The van der Waals surface area contributed by atoms with E-state index in [1.165, 1.54) is 14.2 Å². The third-order valence-electron chi connectivity index (χ3n) is 8.53. The molecular formula is C41H44N4O6. The van der Waals surface area contributed by atoms with Gasteiger partial charge in [-0.2, -0.15) is 0 Å². The van der Waals surface area contributed by atoms with E-state index in [4.69, 9.17) is 19.9 Å². The van der Waals surface area contributed by atoms with Gasteiger partial charge in [-0.25, -0.2) is 9.59 Å². The van der Waals surface area contributed by atoms with Gasteiger partial charge in [-0.1, -0.05) is 91.0 Å². The summed E-state index contributed by atoms with van der Waals surface area (Å²) in [5, 5.41) is 17.1. The molecule has 0 fully saturated rings. The highest BCUT2D eigenvalue weighted by molar-refractivity contribution is 5.87. The van der Waals surface area contributed by atoms with Crippen LogP contribution in [0.1, 0.15) is 46.3 Å². The van der Waals surface area contributed by atoms with Crippen LogP contribution >= 0.6 is 0 Å². The van der Waals surface area contributed by atoms with Crippen molar-refractivity contribution < 1.29 is 28.9 Å². The normalized spacial score (nSPS) is 12.0. The van der Waals surface area contributed by atoms with Gasteiger partial charge < -0.3 is 30.4 Å². The minimum Gasteiger partial charge on any atom is -0.487 e. The van der Waals surface area contributed by atoms with E-state index in [2.05, 4.69) is 10.6 Å². The van der Waals surface area contributed by atoms with Crippen LogP contribution in [0.25, 0.3) is 0 Å². The molecule has 10 heteroatoms. The number of carbonyl (C=O) groups excluding carboxylic acids is 2. The van der Waals surface area contributed by atoms with Crippen LogP contribution in [0.4, 0.5) is 26.7 Å². The number of benzene rings is 5. The molecule has 0 aliphatic rings. The average Bonchev–Trinajstić information content (AvgIpc) is 3.17. The first-order chi connectivity index (χ1) is 24.8. The molecule has 0 aliphatic heterocycles. The van der Waals surface area contributed by atoms with Crippen molar-refractivity contribution in [3.63, 3.8) is 0 Å². The van der Waals surface area contributed by atoms with E-state index < -0.39 is 18.3 Å². The minimum atomic E-state index is -0.772. The Labute approximate surface area is 298 Å². The summed E-state index contributed by atoms with van der Waals surface area (Å²) in [6.07, 6.45) is -1.06. The van der Waals surface area contributed by atoms with Gasteiger partial charge in [0.05, 0.1) is 32.6 Å². The van der Waals surface area contributed by atoms with Gasteiger partial charge in [0.15, 0.2) is 0 Å². The minimum absolute atomic E-state index is 0.0340. The average molecular weight is 689 g/mol. The zero-order valence-electron chi connectivity index (χ0n) is 28.8. The number of methoxy groups -OCH3 is 2. The maximum Gasteiger partial charge on any atom is 0.414 e. The number of anilines is 3. The second-order valence-electron chi connectivity index (χ2n) is 12.0. The highest BCUT2D eigenvalue weighted by Crippen LogP contribution is 2.31. The Morgan fingerprint density at radius 1 is 0.765 bits per heavy atom. The summed E-state index contributed by atoms with van der Waals surface area (Å²) >= 11 is 0. The van der Waals surface area contributed by atoms with Gasteiger partial charge in [-0.3, -0.25) is 10.2 Å². The third-order valence-corrected chi connectivity index (χ3v) is 8.53. The Hall–Kier alpha value is -5.84. The lowest BCUT2D eigenvalue weighted by molar-refractivity contribution is 0.174. The van der Waals surface area contributed by atoms with Crippen LogP contribution in [-0.4, -0.2) is 44.6 Å².